The number of benzene rings is 1. The highest BCUT2D eigenvalue weighted by molar-refractivity contribution is 7.71. The minimum absolute atomic E-state index is 0.668. The molecule has 0 unspecified atom stereocenters. The van der Waals surface area contributed by atoms with Gasteiger partial charge >= 0.3 is 0 Å². The number of methoxy groups -OCH3 is 2. The van der Waals surface area contributed by atoms with Crippen LogP contribution in [0.4, 0.5) is 0 Å². The van der Waals surface area contributed by atoms with Gasteiger partial charge in [0.25, 0.3) is 0 Å². The Morgan fingerprint density at radius 1 is 1.19 bits per heavy atom. The summed E-state index contributed by atoms with van der Waals surface area (Å²) in [5.41, 5.74) is 3.30. The molecule has 2 aromatic rings. The topological polar surface area (TPSA) is 47.1 Å². The van der Waals surface area contributed by atoms with E-state index in [2.05, 4.69) is 16.9 Å². The Labute approximate surface area is 130 Å². The lowest BCUT2D eigenvalue weighted by molar-refractivity contribution is 0.354. The van der Waals surface area contributed by atoms with Gasteiger partial charge in [0.2, 0.25) is 0 Å². The van der Waals surface area contributed by atoms with Gasteiger partial charge in [0.15, 0.2) is 11.5 Å². The summed E-state index contributed by atoms with van der Waals surface area (Å²) < 4.78 is 11.2. The van der Waals surface area contributed by atoms with E-state index in [4.69, 9.17) is 21.7 Å². The van der Waals surface area contributed by atoms with E-state index in [0.717, 1.165) is 40.6 Å². The normalized spacial score (nSPS) is 10.5. The highest BCUT2D eigenvalue weighted by Crippen LogP contribution is 2.28. The zero-order valence-electron chi connectivity index (χ0n) is 12.8. The van der Waals surface area contributed by atoms with Crippen molar-refractivity contribution in [1.82, 2.24) is 9.97 Å². The lowest BCUT2D eigenvalue weighted by atomic mass is 10.1. The van der Waals surface area contributed by atoms with Crippen LogP contribution in [0.5, 0.6) is 11.5 Å². The first kappa shape index (κ1) is 15.5. The van der Waals surface area contributed by atoms with Crippen molar-refractivity contribution >= 4 is 12.2 Å². The molecule has 0 saturated heterocycles. The van der Waals surface area contributed by atoms with Gasteiger partial charge in [-0.1, -0.05) is 25.2 Å². The molecule has 0 aliphatic rings. The van der Waals surface area contributed by atoms with Crippen molar-refractivity contribution < 1.29 is 9.47 Å². The Morgan fingerprint density at radius 2 is 1.90 bits per heavy atom. The zero-order valence-corrected chi connectivity index (χ0v) is 13.6. The highest BCUT2D eigenvalue weighted by Gasteiger charge is 2.08. The average Bonchev–Trinajstić information content (AvgIpc) is 2.50. The van der Waals surface area contributed by atoms with Crippen LogP contribution in [0.1, 0.15) is 29.6 Å². The van der Waals surface area contributed by atoms with Gasteiger partial charge in [-0.25, -0.2) is 4.98 Å². The van der Waals surface area contributed by atoms with Gasteiger partial charge in [0.05, 0.1) is 14.2 Å². The van der Waals surface area contributed by atoms with E-state index in [1.54, 1.807) is 14.2 Å². The third-order valence-corrected chi connectivity index (χ3v) is 3.88. The number of hydrogen-bond donors (Lipinski definition) is 1. The van der Waals surface area contributed by atoms with E-state index in [1.807, 2.05) is 25.1 Å². The quantitative estimate of drug-likeness (QED) is 0.857. The Morgan fingerprint density at radius 3 is 2.52 bits per heavy atom. The summed E-state index contributed by atoms with van der Waals surface area (Å²) in [6.45, 7) is 4.11. The molecule has 0 atom stereocenters. The van der Waals surface area contributed by atoms with Crippen LogP contribution in [0.3, 0.4) is 0 Å². The van der Waals surface area contributed by atoms with Crippen molar-refractivity contribution in [3.05, 3.63) is 45.5 Å². The second-order valence-corrected chi connectivity index (χ2v) is 5.20. The van der Waals surface area contributed by atoms with Gasteiger partial charge in [-0.15, -0.1) is 0 Å². The third-order valence-electron chi connectivity index (χ3n) is 3.48. The number of aromatic nitrogens is 2. The largest absolute Gasteiger partial charge is 0.493 e. The van der Waals surface area contributed by atoms with Crippen molar-refractivity contribution in [1.29, 1.82) is 0 Å². The Bertz CT molecular complexity index is 695. The Kier molecular flexibility index (Phi) is 4.96. The van der Waals surface area contributed by atoms with Crippen molar-refractivity contribution in [2.45, 2.75) is 26.7 Å². The van der Waals surface area contributed by atoms with Gasteiger partial charge < -0.3 is 14.5 Å². The second-order valence-electron chi connectivity index (χ2n) is 4.81. The smallest absolute Gasteiger partial charge is 0.161 e. The van der Waals surface area contributed by atoms with Crippen LogP contribution in [0, 0.1) is 11.6 Å². The molecule has 0 saturated carbocycles. The molecular weight excluding hydrogens is 284 g/mol. The average molecular weight is 304 g/mol. The number of nitrogens with zero attached hydrogens (tertiary/aromatic N) is 1. The predicted molar refractivity (Wildman–Crippen MR) is 85.9 cm³/mol. The monoisotopic (exact) mass is 304 g/mol. The van der Waals surface area contributed by atoms with E-state index in [9.17, 15) is 0 Å². The molecule has 5 heteroatoms. The summed E-state index contributed by atoms with van der Waals surface area (Å²) in [7, 11) is 3.26. The van der Waals surface area contributed by atoms with Crippen LogP contribution in [-0.4, -0.2) is 24.2 Å². The van der Waals surface area contributed by atoms with E-state index in [0.29, 0.717) is 11.1 Å². The minimum Gasteiger partial charge on any atom is -0.493 e. The molecule has 21 heavy (non-hydrogen) atoms. The molecule has 4 nitrogen and oxygen atoms in total. The van der Waals surface area contributed by atoms with Crippen molar-refractivity contribution in [2.24, 2.45) is 0 Å². The molecule has 1 N–H and O–H groups in total. The minimum atomic E-state index is 0.668. The van der Waals surface area contributed by atoms with E-state index in [-0.39, 0.29) is 0 Å². The summed E-state index contributed by atoms with van der Waals surface area (Å²) >= 11 is 5.32. The number of hydrogen-bond acceptors (Lipinski definition) is 4. The molecule has 1 aromatic carbocycles. The van der Waals surface area contributed by atoms with Crippen LogP contribution in [0.2, 0.25) is 0 Å². The number of H-pyrrole nitrogens is 1. The zero-order chi connectivity index (χ0) is 15.4. The fourth-order valence-corrected chi connectivity index (χ4v) is 2.49. The van der Waals surface area contributed by atoms with Gasteiger partial charge in [0.1, 0.15) is 10.5 Å². The van der Waals surface area contributed by atoms with Crippen LogP contribution >= 0.6 is 12.2 Å². The molecule has 1 aromatic heterocycles. The lowest BCUT2D eigenvalue weighted by Gasteiger charge is -2.11. The molecule has 0 amide bonds. The molecule has 2 rings (SSSR count). The Hall–Kier alpha value is -1.88. The standard InChI is InChI=1S/C16H20N2O2S/c1-5-12-10(2)16(21)18-15(17-12)9-11-6-7-13(19-3)14(8-11)20-4/h6-8H,5,9H2,1-4H3,(H,17,18,21). The van der Waals surface area contributed by atoms with Crippen LogP contribution in [0.25, 0.3) is 0 Å². The lowest BCUT2D eigenvalue weighted by Crippen LogP contribution is -2.04. The molecule has 0 radical (unpaired) electrons. The fraction of sp³-hybridized carbons (Fsp3) is 0.375. The van der Waals surface area contributed by atoms with Crippen LogP contribution in [0.15, 0.2) is 18.2 Å². The molecule has 0 aliphatic heterocycles. The van der Waals surface area contributed by atoms with Gasteiger partial charge in [0, 0.05) is 17.7 Å². The molecule has 1 heterocycles. The molecule has 0 spiro atoms. The molecule has 0 aliphatic carbocycles. The van der Waals surface area contributed by atoms with E-state index >= 15 is 0 Å². The maximum atomic E-state index is 5.33. The van der Waals surface area contributed by atoms with Crippen LogP contribution < -0.4 is 9.47 Å². The Balaban J connectivity index is 2.34. The maximum absolute atomic E-state index is 5.33. The number of rotatable bonds is 5. The van der Waals surface area contributed by atoms with Crippen molar-refractivity contribution in [3.63, 3.8) is 0 Å². The number of aromatic amines is 1. The molecular formula is C16H20N2O2S. The van der Waals surface area contributed by atoms with Gasteiger partial charge in [-0.3, -0.25) is 0 Å². The van der Waals surface area contributed by atoms with Crippen molar-refractivity contribution in [2.75, 3.05) is 14.2 Å². The maximum Gasteiger partial charge on any atom is 0.161 e. The first-order valence-electron chi connectivity index (χ1n) is 6.88. The van der Waals surface area contributed by atoms with Crippen LogP contribution in [-0.2, 0) is 12.8 Å². The highest BCUT2D eigenvalue weighted by atomic mass is 32.1. The first-order chi connectivity index (χ1) is 10.1. The summed E-state index contributed by atoms with van der Waals surface area (Å²) in [5.74, 6) is 2.31. The number of aryl methyl sites for hydroxylation is 1. The third kappa shape index (κ3) is 3.42. The molecule has 112 valence electrons. The summed E-state index contributed by atoms with van der Waals surface area (Å²) in [5, 5.41) is 0. The summed E-state index contributed by atoms with van der Waals surface area (Å²) in [6, 6.07) is 5.87. The summed E-state index contributed by atoms with van der Waals surface area (Å²) in [4.78, 5) is 7.83. The molecule has 0 fully saturated rings. The van der Waals surface area contributed by atoms with Crippen molar-refractivity contribution in [3.8, 4) is 11.5 Å². The molecule has 0 bridgehead atoms. The first-order valence-corrected chi connectivity index (χ1v) is 7.29. The second kappa shape index (κ2) is 6.72. The van der Waals surface area contributed by atoms with Gasteiger partial charge in [-0.05, 0) is 31.0 Å². The SMILES string of the molecule is CCc1[nH]c(Cc2ccc(OC)c(OC)c2)nc(=S)c1C. The van der Waals surface area contributed by atoms with Gasteiger partial charge in [-0.2, -0.15) is 0 Å². The number of nitrogens with one attached hydrogen (secondary N) is 1. The number of ether oxygens (including phenoxy) is 2. The van der Waals surface area contributed by atoms with E-state index < -0.39 is 0 Å². The summed E-state index contributed by atoms with van der Waals surface area (Å²) in [6.07, 6.45) is 1.59. The predicted octanol–water partition coefficient (Wildman–Crippen LogP) is 3.62. The fourth-order valence-electron chi connectivity index (χ4n) is 2.25. The van der Waals surface area contributed by atoms with E-state index in [1.165, 1.54) is 0 Å².